The van der Waals surface area contributed by atoms with Crippen LogP contribution in [0, 0.1) is 16.7 Å². The van der Waals surface area contributed by atoms with Gasteiger partial charge in [-0.15, -0.1) is 0 Å². The number of hydrogen-bond acceptors (Lipinski definition) is 3. The minimum atomic E-state index is -1.15. The van der Waals surface area contributed by atoms with E-state index in [1.54, 1.807) is 4.90 Å². The number of amides is 1. The van der Waals surface area contributed by atoms with Crippen LogP contribution in [0.3, 0.4) is 0 Å². The zero-order valence-corrected chi connectivity index (χ0v) is 8.98. The van der Waals surface area contributed by atoms with Crippen LogP contribution < -0.4 is 0 Å². The van der Waals surface area contributed by atoms with E-state index in [2.05, 4.69) is 0 Å². The highest BCUT2D eigenvalue weighted by Crippen LogP contribution is 2.48. The molecule has 0 saturated heterocycles. The highest BCUT2D eigenvalue weighted by molar-refractivity contribution is 6.05. The van der Waals surface area contributed by atoms with E-state index in [0.29, 0.717) is 19.4 Å². The molecule has 0 aromatic carbocycles. The number of carbonyl (C=O) groups excluding carboxylic acids is 1. The second-order valence-electron chi connectivity index (χ2n) is 4.53. The molecule has 1 amide bonds. The Bertz CT molecular complexity index is 364. The molecule has 2 aliphatic rings. The standard InChI is InChI=1S/C11H14N2O3/c12-6-1-7-13(8-2-3-8)9(14)11(4-5-11)10(15)16/h8H,1-5,7H2,(H,15,16). The quantitative estimate of drug-likeness (QED) is 0.696. The van der Waals surface area contributed by atoms with E-state index in [-0.39, 0.29) is 18.4 Å². The molecule has 86 valence electrons. The zero-order chi connectivity index (χ0) is 11.8. The third kappa shape index (κ3) is 1.75. The van der Waals surface area contributed by atoms with E-state index >= 15 is 0 Å². The van der Waals surface area contributed by atoms with Gasteiger partial charge in [0.15, 0.2) is 0 Å². The molecule has 5 nitrogen and oxygen atoms in total. The zero-order valence-electron chi connectivity index (χ0n) is 8.98. The van der Waals surface area contributed by atoms with Crippen LogP contribution in [-0.4, -0.2) is 34.5 Å². The first-order valence-electron chi connectivity index (χ1n) is 5.53. The Morgan fingerprint density at radius 1 is 1.44 bits per heavy atom. The van der Waals surface area contributed by atoms with Gasteiger partial charge in [-0.3, -0.25) is 9.59 Å². The Hall–Kier alpha value is -1.57. The van der Waals surface area contributed by atoms with Crippen LogP contribution in [0.1, 0.15) is 32.1 Å². The van der Waals surface area contributed by atoms with Crippen molar-refractivity contribution in [1.82, 2.24) is 4.90 Å². The lowest BCUT2D eigenvalue weighted by atomic mass is 10.1. The second-order valence-corrected chi connectivity index (χ2v) is 4.53. The van der Waals surface area contributed by atoms with Crippen LogP contribution in [0.5, 0.6) is 0 Å². The van der Waals surface area contributed by atoms with Crippen molar-refractivity contribution in [3.63, 3.8) is 0 Å². The molecular weight excluding hydrogens is 208 g/mol. The average molecular weight is 222 g/mol. The monoisotopic (exact) mass is 222 g/mol. The maximum atomic E-state index is 12.1. The lowest BCUT2D eigenvalue weighted by Crippen LogP contribution is -2.42. The second kappa shape index (κ2) is 3.78. The van der Waals surface area contributed by atoms with Crippen molar-refractivity contribution < 1.29 is 14.7 Å². The van der Waals surface area contributed by atoms with E-state index < -0.39 is 11.4 Å². The van der Waals surface area contributed by atoms with Crippen LogP contribution in [0.25, 0.3) is 0 Å². The molecule has 2 aliphatic carbocycles. The van der Waals surface area contributed by atoms with Gasteiger partial charge in [0.1, 0.15) is 5.41 Å². The van der Waals surface area contributed by atoms with E-state index in [1.807, 2.05) is 6.07 Å². The van der Waals surface area contributed by atoms with Crippen molar-refractivity contribution in [2.45, 2.75) is 38.1 Å². The number of carbonyl (C=O) groups is 2. The number of rotatable bonds is 5. The van der Waals surface area contributed by atoms with Crippen LogP contribution >= 0.6 is 0 Å². The summed E-state index contributed by atoms with van der Waals surface area (Å²) >= 11 is 0. The average Bonchev–Trinajstić information content (AvgIpc) is 3.11. The van der Waals surface area contributed by atoms with Crippen LogP contribution in [0.4, 0.5) is 0 Å². The summed E-state index contributed by atoms with van der Waals surface area (Å²) in [5, 5.41) is 17.6. The first kappa shape index (κ1) is 10.9. The molecule has 2 rings (SSSR count). The topological polar surface area (TPSA) is 81.4 Å². The molecule has 2 saturated carbocycles. The van der Waals surface area contributed by atoms with Gasteiger partial charge in [0.05, 0.1) is 12.5 Å². The first-order valence-corrected chi connectivity index (χ1v) is 5.53. The Labute approximate surface area is 93.6 Å². The maximum absolute atomic E-state index is 12.1. The van der Waals surface area contributed by atoms with Gasteiger partial charge in [-0.1, -0.05) is 0 Å². The molecule has 0 bridgehead atoms. The molecule has 0 aliphatic heterocycles. The smallest absolute Gasteiger partial charge is 0.319 e. The predicted molar refractivity (Wildman–Crippen MR) is 54.3 cm³/mol. The molecule has 0 spiro atoms. The van der Waals surface area contributed by atoms with Gasteiger partial charge >= 0.3 is 5.97 Å². The van der Waals surface area contributed by atoms with Crippen molar-refractivity contribution in [1.29, 1.82) is 5.26 Å². The van der Waals surface area contributed by atoms with Crippen LogP contribution in [-0.2, 0) is 9.59 Å². The maximum Gasteiger partial charge on any atom is 0.319 e. The Balaban J connectivity index is 2.06. The molecule has 16 heavy (non-hydrogen) atoms. The molecule has 0 heterocycles. The van der Waals surface area contributed by atoms with E-state index in [4.69, 9.17) is 10.4 Å². The molecule has 0 radical (unpaired) electrons. The van der Waals surface area contributed by atoms with E-state index in [0.717, 1.165) is 12.8 Å². The molecule has 1 N–H and O–H groups in total. The van der Waals surface area contributed by atoms with Crippen molar-refractivity contribution in [3.05, 3.63) is 0 Å². The minimum Gasteiger partial charge on any atom is -0.480 e. The van der Waals surface area contributed by atoms with E-state index in [9.17, 15) is 9.59 Å². The molecule has 0 atom stereocenters. The summed E-state index contributed by atoms with van der Waals surface area (Å²) in [6.45, 7) is 0.370. The Morgan fingerprint density at radius 2 is 2.06 bits per heavy atom. The fourth-order valence-electron chi connectivity index (χ4n) is 1.93. The third-order valence-corrected chi connectivity index (χ3v) is 3.28. The number of carboxylic acid groups (broad SMARTS) is 1. The number of hydrogen-bond donors (Lipinski definition) is 1. The van der Waals surface area contributed by atoms with Crippen LogP contribution in [0.15, 0.2) is 0 Å². The summed E-state index contributed by atoms with van der Waals surface area (Å²) in [4.78, 5) is 24.7. The van der Waals surface area contributed by atoms with Gasteiger partial charge in [-0.25, -0.2) is 0 Å². The largest absolute Gasteiger partial charge is 0.480 e. The fourth-order valence-corrected chi connectivity index (χ4v) is 1.93. The number of carboxylic acids is 1. The lowest BCUT2D eigenvalue weighted by Gasteiger charge is -2.24. The summed E-state index contributed by atoms with van der Waals surface area (Å²) in [5.74, 6) is -1.29. The van der Waals surface area contributed by atoms with Gasteiger partial charge in [-0.2, -0.15) is 5.26 Å². The highest BCUT2D eigenvalue weighted by atomic mass is 16.4. The van der Waals surface area contributed by atoms with Crippen molar-refractivity contribution in [3.8, 4) is 6.07 Å². The molecule has 0 unspecified atom stereocenters. The molecule has 0 aromatic rings. The number of aliphatic carboxylic acids is 1. The summed E-state index contributed by atoms with van der Waals surface area (Å²) < 4.78 is 0. The molecule has 5 heteroatoms. The summed E-state index contributed by atoms with van der Waals surface area (Å²) in [6.07, 6.45) is 3.03. The number of nitrogens with zero attached hydrogens (tertiary/aromatic N) is 2. The summed E-state index contributed by atoms with van der Waals surface area (Å²) in [5.41, 5.74) is -1.15. The van der Waals surface area contributed by atoms with Gasteiger partial charge < -0.3 is 10.0 Å². The lowest BCUT2D eigenvalue weighted by molar-refractivity contribution is -0.153. The molecule has 2 fully saturated rings. The van der Waals surface area contributed by atoms with Crippen LogP contribution in [0.2, 0.25) is 0 Å². The van der Waals surface area contributed by atoms with Crippen molar-refractivity contribution in [2.24, 2.45) is 5.41 Å². The van der Waals surface area contributed by atoms with Gasteiger partial charge in [0, 0.05) is 12.6 Å². The Morgan fingerprint density at radius 3 is 2.44 bits per heavy atom. The van der Waals surface area contributed by atoms with Gasteiger partial charge in [-0.05, 0) is 25.7 Å². The highest BCUT2D eigenvalue weighted by Gasteiger charge is 2.59. The summed E-state index contributed by atoms with van der Waals surface area (Å²) in [6, 6.07) is 2.17. The predicted octanol–water partition coefficient (Wildman–Crippen LogP) is 0.756. The first-order chi connectivity index (χ1) is 7.62. The van der Waals surface area contributed by atoms with Gasteiger partial charge in [0.25, 0.3) is 0 Å². The van der Waals surface area contributed by atoms with E-state index in [1.165, 1.54) is 0 Å². The summed E-state index contributed by atoms with van der Waals surface area (Å²) in [7, 11) is 0. The fraction of sp³-hybridized carbons (Fsp3) is 0.727. The van der Waals surface area contributed by atoms with Crippen molar-refractivity contribution in [2.75, 3.05) is 6.54 Å². The molecular formula is C11H14N2O3. The molecule has 0 aromatic heterocycles. The third-order valence-electron chi connectivity index (χ3n) is 3.28. The SMILES string of the molecule is N#CCCN(C(=O)C1(C(=O)O)CC1)C1CC1. The van der Waals surface area contributed by atoms with Crippen molar-refractivity contribution >= 4 is 11.9 Å². The Kier molecular flexibility index (Phi) is 2.58. The number of nitriles is 1. The van der Waals surface area contributed by atoms with Gasteiger partial charge in [0.2, 0.25) is 5.91 Å². The normalized spacial score (nSPS) is 20.9. The minimum absolute atomic E-state index is 0.178.